The smallest absolute Gasteiger partial charge is 0.321 e. The summed E-state index contributed by atoms with van der Waals surface area (Å²) in [5.74, 6) is -1.06. The largest absolute Gasteiger partial charge is 0.455 e. The third-order valence-corrected chi connectivity index (χ3v) is 5.39. The van der Waals surface area contributed by atoms with Crippen LogP contribution in [0.1, 0.15) is 29.7 Å². The van der Waals surface area contributed by atoms with Crippen LogP contribution in [0.15, 0.2) is 47.8 Å². The minimum Gasteiger partial charge on any atom is -0.455 e. The standard InChI is InChI=1S/C19H20N2O4S/c22-16(21-18(24)20-12-15-8-4-11-26-15)13-25-17(23)19(9-5-10-19)14-6-2-1-3-7-14/h1-4,6-8,11H,5,9-10,12-13H2,(H2,20,21,22,24). The first-order valence-corrected chi connectivity index (χ1v) is 9.31. The van der Waals surface area contributed by atoms with Crippen LogP contribution in [0.4, 0.5) is 4.79 Å². The topological polar surface area (TPSA) is 84.5 Å². The molecule has 1 heterocycles. The molecule has 0 aliphatic heterocycles. The first kappa shape index (κ1) is 18.1. The van der Waals surface area contributed by atoms with Crippen molar-refractivity contribution in [2.45, 2.75) is 31.2 Å². The summed E-state index contributed by atoms with van der Waals surface area (Å²) in [5, 5.41) is 6.65. The summed E-state index contributed by atoms with van der Waals surface area (Å²) in [4.78, 5) is 37.0. The number of hydrogen-bond donors (Lipinski definition) is 2. The van der Waals surface area contributed by atoms with Gasteiger partial charge >= 0.3 is 12.0 Å². The average Bonchev–Trinajstić information content (AvgIpc) is 3.12. The Morgan fingerprint density at radius 3 is 2.46 bits per heavy atom. The molecule has 7 heteroatoms. The van der Waals surface area contributed by atoms with Gasteiger partial charge in [-0.15, -0.1) is 11.3 Å². The number of carbonyl (C=O) groups is 3. The number of amides is 3. The quantitative estimate of drug-likeness (QED) is 0.764. The Kier molecular flexibility index (Phi) is 5.68. The van der Waals surface area contributed by atoms with Crippen LogP contribution in [0.25, 0.3) is 0 Å². The predicted octanol–water partition coefficient (Wildman–Crippen LogP) is 2.74. The van der Waals surface area contributed by atoms with Gasteiger partial charge < -0.3 is 10.1 Å². The van der Waals surface area contributed by atoms with E-state index in [1.165, 1.54) is 11.3 Å². The van der Waals surface area contributed by atoms with Crippen molar-refractivity contribution < 1.29 is 19.1 Å². The fourth-order valence-electron chi connectivity index (χ4n) is 2.95. The Morgan fingerprint density at radius 2 is 1.85 bits per heavy atom. The van der Waals surface area contributed by atoms with Crippen LogP contribution in [-0.4, -0.2) is 24.5 Å². The highest BCUT2D eigenvalue weighted by molar-refractivity contribution is 7.09. The number of thiophene rings is 1. The second-order valence-electron chi connectivity index (χ2n) is 6.19. The lowest BCUT2D eigenvalue weighted by Gasteiger charge is -2.39. The number of carbonyl (C=O) groups excluding carboxylic acids is 3. The molecule has 1 fully saturated rings. The molecule has 2 aromatic rings. The number of ether oxygens (including phenoxy) is 1. The van der Waals surface area contributed by atoms with E-state index < -0.39 is 29.9 Å². The molecule has 2 N–H and O–H groups in total. The molecule has 1 aliphatic carbocycles. The maximum atomic E-state index is 12.5. The van der Waals surface area contributed by atoms with Crippen molar-refractivity contribution in [2.75, 3.05) is 6.61 Å². The summed E-state index contributed by atoms with van der Waals surface area (Å²) >= 11 is 1.51. The Hall–Kier alpha value is -2.67. The number of hydrogen-bond acceptors (Lipinski definition) is 5. The normalized spacial score (nSPS) is 14.8. The van der Waals surface area contributed by atoms with Crippen molar-refractivity contribution in [2.24, 2.45) is 0 Å². The first-order valence-electron chi connectivity index (χ1n) is 8.43. The van der Waals surface area contributed by atoms with Gasteiger partial charge in [-0.1, -0.05) is 42.8 Å². The Labute approximate surface area is 155 Å². The molecule has 0 radical (unpaired) electrons. The molecule has 0 spiro atoms. The van der Waals surface area contributed by atoms with E-state index >= 15 is 0 Å². The van der Waals surface area contributed by atoms with Crippen molar-refractivity contribution in [1.82, 2.24) is 10.6 Å². The lowest BCUT2D eigenvalue weighted by atomic mass is 9.64. The molecular formula is C19H20N2O4S. The van der Waals surface area contributed by atoms with E-state index in [-0.39, 0.29) is 0 Å². The summed E-state index contributed by atoms with van der Waals surface area (Å²) in [6, 6.07) is 12.6. The average molecular weight is 372 g/mol. The zero-order valence-electron chi connectivity index (χ0n) is 14.2. The van der Waals surface area contributed by atoms with Crippen LogP contribution in [0.2, 0.25) is 0 Å². The van der Waals surface area contributed by atoms with Crippen molar-refractivity contribution in [3.63, 3.8) is 0 Å². The number of esters is 1. The summed E-state index contributed by atoms with van der Waals surface area (Å²) < 4.78 is 5.19. The van der Waals surface area contributed by atoms with Gasteiger partial charge in [-0.2, -0.15) is 0 Å². The minimum absolute atomic E-state index is 0.341. The van der Waals surface area contributed by atoms with E-state index in [1.54, 1.807) is 0 Å². The van der Waals surface area contributed by atoms with Gasteiger partial charge in [-0.3, -0.25) is 14.9 Å². The molecular weight excluding hydrogens is 352 g/mol. The van der Waals surface area contributed by atoms with Gasteiger partial charge in [0.25, 0.3) is 5.91 Å². The first-order chi connectivity index (χ1) is 12.6. The minimum atomic E-state index is -0.664. The monoisotopic (exact) mass is 372 g/mol. The van der Waals surface area contributed by atoms with Crippen molar-refractivity contribution in [3.8, 4) is 0 Å². The molecule has 1 aromatic carbocycles. The third kappa shape index (κ3) is 4.11. The second kappa shape index (κ2) is 8.14. The highest BCUT2D eigenvalue weighted by Gasteiger charge is 2.47. The summed E-state index contributed by atoms with van der Waals surface area (Å²) in [5.41, 5.74) is 0.244. The fraction of sp³-hybridized carbons (Fsp3) is 0.316. The second-order valence-corrected chi connectivity index (χ2v) is 7.22. The Balaban J connectivity index is 1.46. The molecule has 0 atom stereocenters. The summed E-state index contributed by atoms with van der Waals surface area (Å²) in [6.45, 7) is -0.131. The number of imide groups is 1. The fourth-order valence-corrected chi connectivity index (χ4v) is 3.60. The maximum absolute atomic E-state index is 12.5. The van der Waals surface area contributed by atoms with Crippen molar-refractivity contribution in [3.05, 3.63) is 58.3 Å². The molecule has 6 nitrogen and oxygen atoms in total. The van der Waals surface area contributed by atoms with Crippen LogP contribution in [0.3, 0.4) is 0 Å². The van der Waals surface area contributed by atoms with Gasteiger partial charge in [0.2, 0.25) is 0 Å². The van der Waals surface area contributed by atoms with Crippen molar-refractivity contribution >= 4 is 29.2 Å². The highest BCUT2D eigenvalue weighted by Crippen LogP contribution is 2.44. The Bertz CT molecular complexity index is 770. The van der Waals surface area contributed by atoms with E-state index in [0.29, 0.717) is 19.4 Å². The lowest BCUT2D eigenvalue weighted by molar-refractivity contribution is -0.157. The van der Waals surface area contributed by atoms with Gasteiger partial charge in [0.05, 0.1) is 12.0 Å². The molecule has 136 valence electrons. The van der Waals surface area contributed by atoms with E-state index in [1.807, 2.05) is 47.8 Å². The zero-order valence-corrected chi connectivity index (χ0v) is 15.0. The van der Waals surface area contributed by atoms with E-state index in [9.17, 15) is 14.4 Å². The Morgan fingerprint density at radius 1 is 1.08 bits per heavy atom. The van der Waals surface area contributed by atoms with Gasteiger partial charge in [-0.25, -0.2) is 4.79 Å². The van der Waals surface area contributed by atoms with Gasteiger partial charge in [0.1, 0.15) is 0 Å². The lowest BCUT2D eigenvalue weighted by Crippen LogP contribution is -2.46. The highest BCUT2D eigenvalue weighted by atomic mass is 32.1. The molecule has 3 amide bonds. The number of benzene rings is 1. The molecule has 26 heavy (non-hydrogen) atoms. The molecule has 0 saturated heterocycles. The van der Waals surface area contributed by atoms with Crippen LogP contribution in [-0.2, 0) is 26.3 Å². The molecule has 1 aliphatic rings. The van der Waals surface area contributed by atoms with Crippen molar-refractivity contribution in [1.29, 1.82) is 0 Å². The third-order valence-electron chi connectivity index (χ3n) is 4.51. The summed E-state index contributed by atoms with van der Waals surface area (Å²) in [7, 11) is 0. The number of rotatable bonds is 6. The van der Waals surface area contributed by atoms with E-state index in [2.05, 4.69) is 10.6 Å². The summed E-state index contributed by atoms with van der Waals surface area (Å²) in [6.07, 6.45) is 2.36. The van der Waals surface area contributed by atoms with Crippen LogP contribution >= 0.6 is 11.3 Å². The van der Waals surface area contributed by atoms with Crippen LogP contribution in [0, 0.1) is 0 Å². The molecule has 3 rings (SSSR count). The zero-order chi connectivity index (χ0) is 18.4. The maximum Gasteiger partial charge on any atom is 0.321 e. The number of urea groups is 1. The molecule has 1 saturated carbocycles. The molecule has 0 unspecified atom stereocenters. The van der Waals surface area contributed by atoms with Gasteiger partial charge in [-0.05, 0) is 29.9 Å². The van der Waals surface area contributed by atoms with E-state index in [0.717, 1.165) is 16.9 Å². The van der Waals surface area contributed by atoms with Gasteiger partial charge in [0, 0.05) is 4.88 Å². The van der Waals surface area contributed by atoms with Crippen LogP contribution < -0.4 is 10.6 Å². The number of nitrogens with one attached hydrogen (secondary N) is 2. The van der Waals surface area contributed by atoms with Gasteiger partial charge in [0.15, 0.2) is 6.61 Å². The molecule has 1 aromatic heterocycles. The van der Waals surface area contributed by atoms with E-state index in [4.69, 9.17) is 4.74 Å². The molecule has 0 bridgehead atoms. The SMILES string of the molecule is O=C(COC(=O)C1(c2ccccc2)CCC1)NC(=O)NCc1cccs1. The predicted molar refractivity (Wildman–Crippen MR) is 97.6 cm³/mol. The van der Waals surface area contributed by atoms with Crippen LogP contribution in [0.5, 0.6) is 0 Å².